The Morgan fingerprint density at radius 1 is 1.21 bits per heavy atom. The van der Waals surface area contributed by atoms with E-state index in [9.17, 15) is 8.42 Å². The molecule has 6 heteroatoms. The second kappa shape index (κ2) is 7.99. The highest BCUT2D eigenvalue weighted by Crippen LogP contribution is 2.23. The lowest BCUT2D eigenvalue weighted by molar-refractivity contribution is 0.410. The average molecular weight is 304 g/mol. The largest absolute Gasteiger partial charge is 0.312 e. The molecule has 19 heavy (non-hydrogen) atoms. The first-order valence-electron chi connectivity index (χ1n) is 6.84. The second-order valence-electron chi connectivity index (χ2n) is 4.43. The van der Waals surface area contributed by atoms with E-state index in [2.05, 4.69) is 5.32 Å². The van der Waals surface area contributed by atoms with Crippen molar-refractivity contribution in [1.29, 1.82) is 0 Å². The Labute approximate surface area is 120 Å². The summed E-state index contributed by atoms with van der Waals surface area (Å²) in [6, 6.07) is 1.79. The minimum Gasteiger partial charge on any atom is -0.312 e. The lowest BCUT2D eigenvalue weighted by Crippen LogP contribution is -2.32. The van der Waals surface area contributed by atoms with E-state index >= 15 is 0 Å². The predicted octanol–water partition coefficient (Wildman–Crippen LogP) is 2.67. The zero-order valence-electron chi connectivity index (χ0n) is 12.0. The van der Waals surface area contributed by atoms with E-state index in [1.54, 1.807) is 15.8 Å². The van der Waals surface area contributed by atoms with Crippen LogP contribution in [0.4, 0.5) is 0 Å². The van der Waals surface area contributed by atoms with Gasteiger partial charge in [0.25, 0.3) is 0 Å². The van der Waals surface area contributed by atoms with Crippen molar-refractivity contribution in [3.8, 4) is 0 Å². The van der Waals surface area contributed by atoms with Gasteiger partial charge < -0.3 is 5.32 Å². The average Bonchev–Trinajstić information content (AvgIpc) is 2.85. The zero-order valence-corrected chi connectivity index (χ0v) is 13.6. The van der Waals surface area contributed by atoms with Crippen LogP contribution in [0, 0.1) is 0 Å². The molecule has 1 N–H and O–H groups in total. The highest BCUT2D eigenvalue weighted by molar-refractivity contribution is 7.89. The molecule has 0 aromatic carbocycles. The van der Waals surface area contributed by atoms with Crippen LogP contribution in [-0.4, -0.2) is 32.4 Å². The Morgan fingerprint density at radius 3 is 2.37 bits per heavy atom. The van der Waals surface area contributed by atoms with Gasteiger partial charge in [-0.15, -0.1) is 11.3 Å². The van der Waals surface area contributed by atoms with E-state index < -0.39 is 10.0 Å². The van der Waals surface area contributed by atoms with Crippen molar-refractivity contribution < 1.29 is 8.42 Å². The van der Waals surface area contributed by atoms with E-state index in [0.29, 0.717) is 18.0 Å². The number of thiophene rings is 1. The van der Waals surface area contributed by atoms with Crippen molar-refractivity contribution in [1.82, 2.24) is 9.62 Å². The molecule has 1 rings (SSSR count). The molecule has 4 nitrogen and oxygen atoms in total. The van der Waals surface area contributed by atoms with Gasteiger partial charge in [-0.05, 0) is 25.5 Å². The minimum atomic E-state index is -3.31. The third-order valence-corrected chi connectivity index (χ3v) is 5.73. The zero-order chi connectivity index (χ0) is 14.3. The van der Waals surface area contributed by atoms with Gasteiger partial charge in [-0.3, -0.25) is 0 Å². The van der Waals surface area contributed by atoms with Crippen molar-refractivity contribution in [2.24, 2.45) is 0 Å². The quantitative estimate of drug-likeness (QED) is 0.763. The SMILES string of the molecule is CCCN(CCC)S(=O)(=O)c1csc(CNCC)c1. The van der Waals surface area contributed by atoms with Crippen LogP contribution in [0.1, 0.15) is 38.5 Å². The number of sulfonamides is 1. The lowest BCUT2D eigenvalue weighted by Gasteiger charge is -2.20. The molecule has 110 valence electrons. The van der Waals surface area contributed by atoms with E-state index in [0.717, 1.165) is 30.8 Å². The van der Waals surface area contributed by atoms with E-state index in [1.807, 2.05) is 20.8 Å². The third kappa shape index (κ3) is 4.56. The maximum atomic E-state index is 12.5. The molecule has 1 heterocycles. The van der Waals surface area contributed by atoms with Crippen LogP contribution in [0.15, 0.2) is 16.3 Å². The molecule has 0 aliphatic heterocycles. The first kappa shape index (κ1) is 16.6. The second-order valence-corrected chi connectivity index (χ2v) is 7.37. The molecule has 0 fully saturated rings. The molecule has 0 saturated carbocycles. The fraction of sp³-hybridized carbons (Fsp3) is 0.692. The maximum Gasteiger partial charge on any atom is 0.243 e. The van der Waals surface area contributed by atoms with Crippen LogP contribution in [0.5, 0.6) is 0 Å². The molecule has 0 saturated heterocycles. The molecule has 0 radical (unpaired) electrons. The van der Waals surface area contributed by atoms with Crippen LogP contribution < -0.4 is 5.32 Å². The standard InChI is InChI=1S/C13H24N2O2S2/c1-4-7-15(8-5-2)19(16,17)13-9-12(18-11-13)10-14-6-3/h9,11,14H,4-8,10H2,1-3H3. The third-order valence-electron chi connectivity index (χ3n) is 2.76. The fourth-order valence-corrected chi connectivity index (χ4v) is 4.69. The minimum absolute atomic E-state index is 0.437. The summed E-state index contributed by atoms with van der Waals surface area (Å²) in [7, 11) is -3.31. The number of hydrogen-bond acceptors (Lipinski definition) is 4. The molecular weight excluding hydrogens is 280 g/mol. The molecule has 1 aromatic heterocycles. The monoisotopic (exact) mass is 304 g/mol. The Balaban J connectivity index is 2.88. The topological polar surface area (TPSA) is 49.4 Å². The summed E-state index contributed by atoms with van der Waals surface area (Å²) in [6.07, 6.45) is 1.68. The van der Waals surface area contributed by atoms with E-state index in [1.165, 1.54) is 11.3 Å². The van der Waals surface area contributed by atoms with Crippen molar-refractivity contribution >= 4 is 21.4 Å². The van der Waals surface area contributed by atoms with Gasteiger partial charge in [0.1, 0.15) is 0 Å². The normalized spacial score (nSPS) is 12.2. The van der Waals surface area contributed by atoms with Gasteiger partial charge >= 0.3 is 0 Å². The van der Waals surface area contributed by atoms with Gasteiger partial charge in [0.2, 0.25) is 10.0 Å². The van der Waals surface area contributed by atoms with Gasteiger partial charge in [0, 0.05) is 29.9 Å². The van der Waals surface area contributed by atoms with Crippen molar-refractivity contribution in [2.45, 2.75) is 45.1 Å². The number of hydrogen-bond donors (Lipinski definition) is 1. The van der Waals surface area contributed by atoms with Gasteiger partial charge in [0.15, 0.2) is 0 Å². The van der Waals surface area contributed by atoms with Crippen LogP contribution in [0.25, 0.3) is 0 Å². The van der Waals surface area contributed by atoms with E-state index in [-0.39, 0.29) is 0 Å². The molecule has 0 spiro atoms. The summed E-state index contributed by atoms with van der Waals surface area (Å²) in [5.41, 5.74) is 0. The van der Waals surface area contributed by atoms with Crippen LogP contribution in [0.3, 0.4) is 0 Å². The molecule has 0 amide bonds. The summed E-state index contributed by atoms with van der Waals surface area (Å²) < 4.78 is 26.6. The number of nitrogens with zero attached hydrogens (tertiary/aromatic N) is 1. The smallest absolute Gasteiger partial charge is 0.243 e. The van der Waals surface area contributed by atoms with Gasteiger partial charge in [0.05, 0.1) is 4.90 Å². The molecular formula is C13H24N2O2S2. The highest BCUT2D eigenvalue weighted by atomic mass is 32.2. The Bertz CT molecular complexity index is 463. The predicted molar refractivity (Wildman–Crippen MR) is 81.0 cm³/mol. The van der Waals surface area contributed by atoms with Crippen LogP contribution >= 0.6 is 11.3 Å². The Morgan fingerprint density at radius 2 is 1.84 bits per heavy atom. The number of nitrogens with one attached hydrogen (secondary N) is 1. The van der Waals surface area contributed by atoms with Crippen molar-refractivity contribution in [3.05, 3.63) is 16.3 Å². The molecule has 0 aliphatic rings. The highest BCUT2D eigenvalue weighted by Gasteiger charge is 2.24. The summed E-state index contributed by atoms with van der Waals surface area (Å²) in [6.45, 7) is 8.85. The Kier molecular flexibility index (Phi) is 6.99. The molecule has 1 aromatic rings. The van der Waals surface area contributed by atoms with Crippen molar-refractivity contribution in [2.75, 3.05) is 19.6 Å². The summed E-state index contributed by atoms with van der Waals surface area (Å²) >= 11 is 1.50. The molecule has 0 atom stereocenters. The first-order valence-corrected chi connectivity index (χ1v) is 9.16. The molecule has 0 bridgehead atoms. The van der Waals surface area contributed by atoms with Crippen molar-refractivity contribution in [3.63, 3.8) is 0 Å². The summed E-state index contributed by atoms with van der Waals surface area (Å²) in [5.74, 6) is 0. The maximum absolute atomic E-state index is 12.5. The summed E-state index contributed by atoms with van der Waals surface area (Å²) in [5, 5.41) is 4.96. The molecule has 0 unspecified atom stereocenters. The number of rotatable bonds is 9. The van der Waals surface area contributed by atoms with Crippen LogP contribution in [0.2, 0.25) is 0 Å². The van der Waals surface area contributed by atoms with Crippen LogP contribution in [-0.2, 0) is 16.6 Å². The molecule has 0 aliphatic carbocycles. The van der Waals surface area contributed by atoms with Gasteiger partial charge in [-0.2, -0.15) is 4.31 Å². The van der Waals surface area contributed by atoms with E-state index in [4.69, 9.17) is 0 Å². The Hall–Kier alpha value is -0.430. The summed E-state index contributed by atoms with van der Waals surface area (Å²) in [4.78, 5) is 1.50. The fourth-order valence-electron chi connectivity index (χ4n) is 1.84. The van der Waals surface area contributed by atoms with Gasteiger partial charge in [-0.1, -0.05) is 20.8 Å². The lowest BCUT2D eigenvalue weighted by atomic mass is 10.4. The first-order chi connectivity index (χ1) is 9.06. The van der Waals surface area contributed by atoms with Gasteiger partial charge in [-0.25, -0.2) is 8.42 Å².